The van der Waals surface area contributed by atoms with Crippen LogP contribution in [0.3, 0.4) is 0 Å². The molecule has 0 aliphatic heterocycles. The van der Waals surface area contributed by atoms with Crippen LogP contribution in [0.15, 0.2) is 48.5 Å². The average Bonchev–Trinajstić information content (AvgIpc) is 2.65. The first-order valence-electron chi connectivity index (χ1n) is 8.62. The van der Waals surface area contributed by atoms with E-state index < -0.39 is 13.2 Å². The monoisotopic (exact) mass is 377 g/mol. The summed E-state index contributed by atoms with van der Waals surface area (Å²) in [6.45, 7) is 4.25. The fraction of sp³-hybridized carbons (Fsp3) is 0.400. The minimum atomic E-state index is -3.57. The van der Waals surface area contributed by atoms with Crippen molar-refractivity contribution in [2.75, 3.05) is 32.7 Å². The van der Waals surface area contributed by atoms with Crippen LogP contribution < -0.4 is 14.9 Å². The number of rotatable bonds is 8. The molecule has 0 heterocycles. The largest absolute Gasteiger partial charge is 0.496 e. The van der Waals surface area contributed by atoms with Crippen LogP contribution >= 0.6 is 7.37 Å². The molecular formula is C20H28NO4P. The van der Waals surface area contributed by atoms with E-state index in [0.717, 1.165) is 5.69 Å². The first-order valence-corrected chi connectivity index (χ1v) is 10.3. The van der Waals surface area contributed by atoms with Crippen molar-refractivity contribution in [1.82, 2.24) is 0 Å². The lowest BCUT2D eigenvalue weighted by atomic mass is 10.2. The topological polar surface area (TPSA) is 59.0 Å². The number of aliphatic hydroxyl groups is 1. The van der Waals surface area contributed by atoms with Gasteiger partial charge >= 0.3 is 0 Å². The average molecular weight is 377 g/mol. The summed E-state index contributed by atoms with van der Waals surface area (Å²) in [7, 11) is 1.83. The Morgan fingerprint density at radius 1 is 1.08 bits per heavy atom. The predicted octanol–water partition coefficient (Wildman–Crippen LogP) is 4.03. The van der Waals surface area contributed by atoms with Gasteiger partial charge in [-0.3, -0.25) is 4.57 Å². The maximum Gasteiger partial charge on any atom is 0.264 e. The van der Waals surface area contributed by atoms with E-state index in [4.69, 9.17) is 9.26 Å². The Hall–Kier alpha value is -1.81. The van der Waals surface area contributed by atoms with Gasteiger partial charge in [-0.2, -0.15) is 0 Å². The Kier molecular flexibility index (Phi) is 6.87. The van der Waals surface area contributed by atoms with E-state index in [0.29, 0.717) is 23.2 Å². The van der Waals surface area contributed by atoms with E-state index in [-0.39, 0.29) is 5.92 Å². The number of nitrogens with zero attached hydrogens (tertiary/aromatic N) is 1. The SMILES string of the molecule is COc1ccccc1[C@H](O)[P@@](=O)(OCC(C)C)c1ccc(N(C)C)cc1. The Balaban J connectivity index is 2.48. The first kappa shape index (κ1) is 20.5. The lowest BCUT2D eigenvalue weighted by Gasteiger charge is -2.26. The molecule has 0 amide bonds. The second-order valence-electron chi connectivity index (χ2n) is 6.81. The van der Waals surface area contributed by atoms with Crippen molar-refractivity contribution in [3.63, 3.8) is 0 Å². The van der Waals surface area contributed by atoms with Gasteiger partial charge in [-0.1, -0.05) is 32.0 Å². The quantitative estimate of drug-likeness (QED) is 0.704. The first-order chi connectivity index (χ1) is 12.3. The Labute approximate surface area is 156 Å². The van der Waals surface area contributed by atoms with Crippen LogP contribution in [-0.2, 0) is 9.09 Å². The molecule has 0 unspecified atom stereocenters. The zero-order chi connectivity index (χ0) is 19.3. The third kappa shape index (κ3) is 4.47. The molecule has 5 nitrogen and oxygen atoms in total. The highest BCUT2D eigenvalue weighted by molar-refractivity contribution is 7.67. The van der Waals surface area contributed by atoms with Gasteiger partial charge in [-0.05, 0) is 36.2 Å². The maximum absolute atomic E-state index is 13.8. The van der Waals surface area contributed by atoms with E-state index >= 15 is 0 Å². The van der Waals surface area contributed by atoms with Crippen molar-refractivity contribution in [2.24, 2.45) is 5.92 Å². The van der Waals surface area contributed by atoms with E-state index in [1.165, 1.54) is 7.11 Å². The highest BCUT2D eigenvalue weighted by atomic mass is 31.2. The zero-order valence-electron chi connectivity index (χ0n) is 16.0. The van der Waals surface area contributed by atoms with E-state index in [2.05, 4.69) is 0 Å². The molecule has 0 saturated carbocycles. The molecule has 0 saturated heterocycles. The molecule has 0 fully saturated rings. The van der Waals surface area contributed by atoms with Crippen LogP contribution in [0.5, 0.6) is 5.75 Å². The molecule has 0 spiro atoms. The minimum absolute atomic E-state index is 0.189. The highest BCUT2D eigenvalue weighted by Gasteiger charge is 2.38. The molecule has 2 aromatic carbocycles. The number of aliphatic hydroxyl groups excluding tert-OH is 1. The van der Waals surface area contributed by atoms with Crippen LogP contribution in [0.25, 0.3) is 0 Å². The lowest BCUT2D eigenvalue weighted by molar-refractivity contribution is 0.199. The standard InChI is InChI=1S/C20H28NO4P/c1-15(2)14-25-26(23,17-12-10-16(11-13-17)21(3)4)20(22)18-8-6-7-9-19(18)24-5/h6-13,15,20,22H,14H2,1-5H3/t20-,26+/m1/s1. The van der Waals surface area contributed by atoms with Crippen LogP contribution in [0.2, 0.25) is 0 Å². The molecule has 2 atom stereocenters. The minimum Gasteiger partial charge on any atom is -0.496 e. The summed E-state index contributed by atoms with van der Waals surface area (Å²) in [6.07, 6.45) is 0. The molecule has 0 bridgehead atoms. The molecule has 6 heteroatoms. The molecule has 0 radical (unpaired) electrons. The predicted molar refractivity (Wildman–Crippen MR) is 107 cm³/mol. The Bertz CT molecular complexity index is 759. The van der Waals surface area contributed by atoms with Crippen molar-refractivity contribution in [2.45, 2.75) is 19.7 Å². The smallest absolute Gasteiger partial charge is 0.264 e. The Morgan fingerprint density at radius 2 is 1.69 bits per heavy atom. The number of hydrogen-bond acceptors (Lipinski definition) is 5. The third-order valence-electron chi connectivity index (χ3n) is 4.06. The number of hydrogen-bond donors (Lipinski definition) is 1. The summed E-state index contributed by atoms with van der Waals surface area (Å²) in [4.78, 5) is 1.96. The van der Waals surface area contributed by atoms with Crippen LogP contribution in [0.4, 0.5) is 5.69 Å². The number of benzene rings is 2. The van der Waals surface area contributed by atoms with Crippen molar-refractivity contribution >= 4 is 18.4 Å². The van der Waals surface area contributed by atoms with Gasteiger partial charge < -0.3 is 19.3 Å². The molecule has 0 aromatic heterocycles. The van der Waals surface area contributed by atoms with Gasteiger partial charge in [0, 0.05) is 30.7 Å². The van der Waals surface area contributed by atoms with Crippen molar-refractivity contribution < 1.29 is 18.9 Å². The van der Waals surface area contributed by atoms with Gasteiger partial charge in [0.25, 0.3) is 7.37 Å². The highest BCUT2D eigenvalue weighted by Crippen LogP contribution is 2.59. The number of ether oxygens (including phenoxy) is 1. The third-order valence-corrected chi connectivity index (χ3v) is 6.54. The molecule has 2 aromatic rings. The van der Waals surface area contributed by atoms with E-state index in [1.54, 1.807) is 36.4 Å². The summed E-state index contributed by atoms with van der Waals surface area (Å²) in [5.41, 5.74) is 1.44. The summed E-state index contributed by atoms with van der Waals surface area (Å²) >= 11 is 0. The molecule has 2 rings (SSSR count). The number of methoxy groups -OCH3 is 1. The summed E-state index contributed by atoms with van der Waals surface area (Å²) < 4.78 is 25.0. The van der Waals surface area contributed by atoms with Gasteiger partial charge in [0.05, 0.1) is 13.7 Å². The summed E-state index contributed by atoms with van der Waals surface area (Å²) in [6, 6.07) is 14.3. The molecule has 26 heavy (non-hydrogen) atoms. The van der Waals surface area contributed by atoms with Gasteiger partial charge in [-0.25, -0.2) is 0 Å². The van der Waals surface area contributed by atoms with Gasteiger partial charge in [0.15, 0.2) is 5.85 Å². The fourth-order valence-corrected chi connectivity index (χ4v) is 4.80. The van der Waals surface area contributed by atoms with Crippen molar-refractivity contribution in [3.8, 4) is 5.75 Å². The fourth-order valence-electron chi connectivity index (χ4n) is 2.57. The van der Waals surface area contributed by atoms with Crippen LogP contribution in [-0.4, -0.2) is 32.9 Å². The normalized spacial score (nSPS) is 14.7. The van der Waals surface area contributed by atoms with E-state index in [1.807, 2.05) is 45.0 Å². The van der Waals surface area contributed by atoms with Crippen LogP contribution in [0, 0.1) is 5.92 Å². The van der Waals surface area contributed by atoms with Crippen molar-refractivity contribution in [1.29, 1.82) is 0 Å². The van der Waals surface area contributed by atoms with Gasteiger partial charge in [-0.15, -0.1) is 0 Å². The van der Waals surface area contributed by atoms with Gasteiger partial charge in [0.1, 0.15) is 5.75 Å². The zero-order valence-corrected chi connectivity index (χ0v) is 16.9. The number of anilines is 1. The second kappa shape index (κ2) is 8.72. The van der Waals surface area contributed by atoms with Crippen molar-refractivity contribution in [3.05, 3.63) is 54.1 Å². The maximum atomic E-state index is 13.8. The molecule has 0 aliphatic carbocycles. The lowest BCUT2D eigenvalue weighted by Crippen LogP contribution is -2.17. The second-order valence-corrected chi connectivity index (χ2v) is 9.27. The summed E-state index contributed by atoms with van der Waals surface area (Å²) in [5.74, 6) is -0.630. The Morgan fingerprint density at radius 3 is 2.23 bits per heavy atom. The molecule has 0 aliphatic rings. The van der Waals surface area contributed by atoms with Crippen LogP contribution in [0.1, 0.15) is 25.3 Å². The van der Waals surface area contributed by atoms with E-state index in [9.17, 15) is 9.67 Å². The molecule has 1 N–H and O–H groups in total. The summed E-state index contributed by atoms with van der Waals surface area (Å²) in [5, 5.41) is 11.5. The number of para-hydroxylation sites is 1. The van der Waals surface area contributed by atoms with Gasteiger partial charge in [0.2, 0.25) is 0 Å². The molecule has 142 valence electrons. The molecular weight excluding hydrogens is 349 g/mol.